The molecule has 1 N–H and O–H groups in total. The predicted octanol–water partition coefficient (Wildman–Crippen LogP) is 2.70. The third-order valence-electron chi connectivity index (χ3n) is 4.20. The molecule has 1 aliphatic heterocycles. The maximum Gasteiger partial charge on any atom is 0.290 e. The van der Waals surface area contributed by atoms with Crippen molar-refractivity contribution in [3.63, 3.8) is 0 Å². The summed E-state index contributed by atoms with van der Waals surface area (Å²) < 4.78 is 13.3. The van der Waals surface area contributed by atoms with Crippen LogP contribution in [0.2, 0.25) is 0 Å². The normalized spacial score (nSPS) is 18.4. The van der Waals surface area contributed by atoms with Crippen LogP contribution < -0.4 is 0 Å². The van der Waals surface area contributed by atoms with Crippen molar-refractivity contribution in [3.05, 3.63) is 47.0 Å². The van der Waals surface area contributed by atoms with Crippen molar-refractivity contribution in [1.82, 2.24) is 9.80 Å². The summed E-state index contributed by atoms with van der Waals surface area (Å²) in [5, 5.41) is 10.4. The van der Waals surface area contributed by atoms with Crippen LogP contribution in [0.25, 0.3) is 0 Å². The molecule has 136 valence electrons. The van der Waals surface area contributed by atoms with Crippen LogP contribution in [-0.4, -0.2) is 53.8 Å². The van der Waals surface area contributed by atoms with Crippen LogP contribution in [0.3, 0.4) is 0 Å². The standard InChI is InChI=1S/C19H25FN2O3/c1-19(2,3)17(24)14-15(12-6-8-13(20)9-7-12)22(11-10-21(4)5)18(25)16(14)23/h6-9,15,23H,10-11H2,1-5H3. The molecule has 0 radical (unpaired) electrons. The first-order valence-electron chi connectivity index (χ1n) is 8.23. The van der Waals surface area contributed by atoms with Crippen LogP contribution in [0.4, 0.5) is 4.39 Å². The van der Waals surface area contributed by atoms with Gasteiger partial charge in [-0.2, -0.15) is 0 Å². The maximum atomic E-state index is 13.3. The molecule has 0 fully saturated rings. The number of ketones is 1. The lowest BCUT2D eigenvalue weighted by Gasteiger charge is -2.29. The first kappa shape index (κ1) is 19.1. The van der Waals surface area contributed by atoms with E-state index in [1.807, 2.05) is 19.0 Å². The van der Waals surface area contributed by atoms with Crippen molar-refractivity contribution >= 4 is 11.7 Å². The fraction of sp³-hybridized carbons (Fsp3) is 0.474. The highest BCUT2D eigenvalue weighted by molar-refractivity contribution is 6.10. The SMILES string of the molecule is CN(C)CCN1C(=O)C(O)=C(C(=O)C(C)(C)C)C1c1ccc(F)cc1. The molecule has 0 spiro atoms. The number of hydrogen-bond acceptors (Lipinski definition) is 4. The van der Waals surface area contributed by atoms with Crippen LogP contribution in [0.15, 0.2) is 35.6 Å². The monoisotopic (exact) mass is 348 g/mol. The topological polar surface area (TPSA) is 60.9 Å². The number of aliphatic hydroxyl groups is 1. The van der Waals surface area contributed by atoms with E-state index in [1.165, 1.54) is 17.0 Å². The Kier molecular flexibility index (Phi) is 5.32. The number of benzene rings is 1. The number of carbonyl (C=O) groups excluding carboxylic acids is 2. The number of aliphatic hydroxyl groups excluding tert-OH is 1. The summed E-state index contributed by atoms with van der Waals surface area (Å²) >= 11 is 0. The highest BCUT2D eigenvalue weighted by Gasteiger charge is 2.45. The lowest BCUT2D eigenvalue weighted by atomic mass is 9.82. The summed E-state index contributed by atoms with van der Waals surface area (Å²) in [6.45, 7) is 6.14. The Morgan fingerprint density at radius 1 is 1.24 bits per heavy atom. The zero-order valence-electron chi connectivity index (χ0n) is 15.3. The summed E-state index contributed by atoms with van der Waals surface area (Å²) in [5.74, 6) is -1.76. The largest absolute Gasteiger partial charge is 0.503 e. The highest BCUT2D eigenvalue weighted by Crippen LogP contribution is 2.40. The van der Waals surface area contributed by atoms with E-state index in [2.05, 4.69) is 0 Å². The lowest BCUT2D eigenvalue weighted by molar-refractivity contribution is -0.129. The molecule has 25 heavy (non-hydrogen) atoms. The summed E-state index contributed by atoms with van der Waals surface area (Å²) in [5.41, 5.74) is -0.0626. The van der Waals surface area contributed by atoms with Gasteiger partial charge in [-0.25, -0.2) is 4.39 Å². The summed E-state index contributed by atoms with van der Waals surface area (Å²) in [4.78, 5) is 28.8. The molecule has 1 aromatic carbocycles. The van der Waals surface area contributed by atoms with E-state index in [-0.39, 0.29) is 11.4 Å². The number of carbonyl (C=O) groups is 2. The van der Waals surface area contributed by atoms with Crippen LogP contribution in [0, 0.1) is 11.2 Å². The van der Waals surface area contributed by atoms with Gasteiger partial charge in [0.2, 0.25) is 0 Å². The van der Waals surface area contributed by atoms with E-state index in [4.69, 9.17) is 0 Å². The fourth-order valence-corrected chi connectivity index (χ4v) is 2.82. The average Bonchev–Trinajstić information content (AvgIpc) is 2.76. The van der Waals surface area contributed by atoms with Crippen molar-refractivity contribution in [3.8, 4) is 0 Å². The second-order valence-electron chi connectivity index (χ2n) is 7.60. The van der Waals surface area contributed by atoms with Gasteiger partial charge in [-0.3, -0.25) is 9.59 Å². The maximum absolute atomic E-state index is 13.3. The van der Waals surface area contributed by atoms with Crippen molar-refractivity contribution in [2.45, 2.75) is 26.8 Å². The molecule has 1 unspecified atom stereocenters. The molecule has 1 amide bonds. The second-order valence-corrected chi connectivity index (χ2v) is 7.60. The van der Waals surface area contributed by atoms with E-state index in [0.717, 1.165) is 0 Å². The minimum Gasteiger partial charge on any atom is -0.503 e. The van der Waals surface area contributed by atoms with Crippen LogP contribution in [0.5, 0.6) is 0 Å². The van der Waals surface area contributed by atoms with E-state index < -0.39 is 28.9 Å². The number of likely N-dealkylation sites (N-methyl/N-ethyl adjacent to an activating group) is 1. The molecule has 1 aliphatic rings. The zero-order valence-corrected chi connectivity index (χ0v) is 15.3. The van der Waals surface area contributed by atoms with Crippen molar-refractivity contribution in [1.29, 1.82) is 0 Å². The molecule has 5 nitrogen and oxygen atoms in total. The van der Waals surface area contributed by atoms with E-state index >= 15 is 0 Å². The lowest BCUT2D eigenvalue weighted by Crippen LogP contribution is -2.37. The molecule has 1 atom stereocenters. The molecule has 0 aromatic heterocycles. The van der Waals surface area contributed by atoms with Gasteiger partial charge in [0, 0.05) is 18.5 Å². The second kappa shape index (κ2) is 6.96. The predicted molar refractivity (Wildman–Crippen MR) is 93.5 cm³/mol. The fourth-order valence-electron chi connectivity index (χ4n) is 2.82. The molecule has 1 heterocycles. The molecule has 0 saturated heterocycles. The van der Waals surface area contributed by atoms with Crippen molar-refractivity contribution in [2.75, 3.05) is 27.2 Å². The van der Waals surface area contributed by atoms with Gasteiger partial charge in [-0.1, -0.05) is 32.9 Å². The molecule has 0 bridgehead atoms. The van der Waals surface area contributed by atoms with Gasteiger partial charge in [0.25, 0.3) is 5.91 Å². The Morgan fingerprint density at radius 2 is 1.80 bits per heavy atom. The van der Waals surface area contributed by atoms with E-state index in [9.17, 15) is 19.1 Å². The molecule has 1 aromatic rings. The number of nitrogens with zero attached hydrogens (tertiary/aromatic N) is 2. The van der Waals surface area contributed by atoms with Crippen LogP contribution in [-0.2, 0) is 9.59 Å². The number of halogens is 1. The molecule has 6 heteroatoms. The minimum absolute atomic E-state index is 0.0860. The van der Waals surface area contributed by atoms with Crippen molar-refractivity contribution in [2.24, 2.45) is 5.41 Å². The summed E-state index contributed by atoms with van der Waals surface area (Å²) in [7, 11) is 3.75. The number of amides is 1. The van der Waals surface area contributed by atoms with Crippen LogP contribution >= 0.6 is 0 Å². The summed E-state index contributed by atoms with van der Waals surface area (Å²) in [6, 6.07) is 4.96. The molecular weight excluding hydrogens is 323 g/mol. The molecule has 0 aliphatic carbocycles. The first-order valence-corrected chi connectivity index (χ1v) is 8.23. The van der Waals surface area contributed by atoms with Gasteiger partial charge < -0.3 is 14.9 Å². The quantitative estimate of drug-likeness (QED) is 0.889. The van der Waals surface area contributed by atoms with Gasteiger partial charge in [0.1, 0.15) is 5.82 Å². The average molecular weight is 348 g/mol. The van der Waals surface area contributed by atoms with E-state index in [0.29, 0.717) is 18.7 Å². The van der Waals surface area contributed by atoms with Crippen LogP contribution in [0.1, 0.15) is 32.4 Å². The van der Waals surface area contributed by atoms with Gasteiger partial charge >= 0.3 is 0 Å². The Hall–Kier alpha value is -2.21. The Morgan fingerprint density at radius 3 is 2.28 bits per heavy atom. The van der Waals surface area contributed by atoms with Gasteiger partial charge in [0.05, 0.1) is 11.6 Å². The van der Waals surface area contributed by atoms with Gasteiger partial charge in [0.15, 0.2) is 11.5 Å². The molecule has 0 saturated carbocycles. The third-order valence-corrected chi connectivity index (χ3v) is 4.20. The Balaban J connectivity index is 2.52. The molecule has 2 rings (SSSR count). The summed E-state index contributed by atoms with van der Waals surface area (Å²) in [6.07, 6.45) is 0. The Bertz CT molecular complexity index is 702. The number of Topliss-reactive ketones (excluding diaryl/α,β-unsaturated/α-hetero) is 1. The number of hydrogen-bond donors (Lipinski definition) is 1. The smallest absolute Gasteiger partial charge is 0.290 e. The zero-order chi connectivity index (χ0) is 18.9. The number of rotatable bonds is 5. The third kappa shape index (κ3) is 3.90. The first-order chi connectivity index (χ1) is 11.5. The van der Waals surface area contributed by atoms with E-state index in [1.54, 1.807) is 32.9 Å². The molecular formula is C19H25FN2O3. The Labute approximate surface area is 147 Å². The van der Waals surface area contributed by atoms with Gasteiger partial charge in [-0.05, 0) is 31.8 Å². The minimum atomic E-state index is -0.751. The van der Waals surface area contributed by atoms with Gasteiger partial charge in [-0.15, -0.1) is 0 Å². The van der Waals surface area contributed by atoms with Crippen molar-refractivity contribution < 1.29 is 19.1 Å². The highest BCUT2D eigenvalue weighted by atomic mass is 19.1.